The molecule has 0 saturated carbocycles. The fourth-order valence-corrected chi connectivity index (χ4v) is 0.332. The molecule has 5 heteroatoms. The Morgan fingerprint density at radius 2 is 2.30 bits per heavy atom. The lowest BCUT2D eigenvalue weighted by Crippen LogP contribution is -2.34. The quantitative estimate of drug-likeness (QED) is 0.400. The van der Waals surface area contributed by atoms with Gasteiger partial charge in [0.05, 0.1) is 6.26 Å². The number of rotatable bonds is 2. The maximum atomic E-state index is 10.5. The van der Waals surface area contributed by atoms with Crippen molar-refractivity contribution in [2.45, 2.75) is 12.5 Å². The summed E-state index contributed by atoms with van der Waals surface area (Å²) in [5.41, 5.74) is -1.86. The first-order valence-electron chi connectivity index (χ1n) is 2.50. The van der Waals surface area contributed by atoms with E-state index in [1.54, 1.807) is 0 Å². The molecule has 0 aromatic heterocycles. The van der Waals surface area contributed by atoms with Crippen molar-refractivity contribution in [3.63, 3.8) is 0 Å². The summed E-state index contributed by atoms with van der Waals surface area (Å²) in [4.78, 5) is 10.5. The van der Waals surface area contributed by atoms with Gasteiger partial charge < -0.3 is 14.9 Å². The molecular weight excluding hydrogens is 135 g/mol. The van der Waals surface area contributed by atoms with Crippen molar-refractivity contribution in [1.29, 1.82) is 0 Å². The number of hydrogen-bond acceptors (Lipinski definition) is 4. The maximum Gasteiger partial charge on any atom is 0.378 e. The van der Waals surface area contributed by atoms with Gasteiger partial charge in [0, 0.05) is 0 Å². The van der Waals surface area contributed by atoms with E-state index in [9.17, 15) is 4.79 Å². The average Bonchev–Trinajstić information content (AvgIpc) is 1.86. The molecule has 0 saturated heterocycles. The van der Waals surface area contributed by atoms with E-state index >= 15 is 0 Å². The smallest absolute Gasteiger partial charge is 0.378 e. The predicted octanol–water partition coefficient (Wildman–Crippen LogP) is -0.564. The third-order valence-corrected chi connectivity index (χ3v) is 0.919. The molecule has 10 heavy (non-hydrogen) atoms. The van der Waals surface area contributed by atoms with Crippen LogP contribution in [-0.2, 0) is 9.45 Å². The summed E-state index contributed by atoms with van der Waals surface area (Å²) in [5, 5.41) is 17.1. The van der Waals surface area contributed by atoms with Crippen molar-refractivity contribution in [2.24, 2.45) is 0 Å². The molecule has 1 atom stereocenters. The monoisotopic (exact) mass is 142 g/mol. The molecule has 0 bridgehead atoms. The van der Waals surface area contributed by atoms with E-state index in [0.29, 0.717) is 6.26 Å². The Balaban J connectivity index is 4.24. The molecule has 0 aliphatic rings. The molecule has 0 unspecified atom stereocenters. The zero-order valence-corrected chi connectivity index (χ0v) is 5.44. The van der Waals surface area contributed by atoms with Gasteiger partial charge in [0.25, 0.3) is 0 Å². The van der Waals surface area contributed by atoms with Crippen LogP contribution in [-0.4, -0.2) is 29.8 Å². The van der Waals surface area contributed by atoms with Gasteiger partial charge in [0.15, 0.2) is 5.60 Å². The molecule has 4 nitrogen and oxygen atoms in total. The van der Waals surface area contributed by atoms with Gasteiger partial charge in [-0.1, -0.05) is 0 Å². The number of hydrogen-bond donors (Lipinski definition) is 2. The molecule has 54 valence electrons. The van der Waals surface area contributed by atoms with Crippen molar-refractivity contribution >= 4 is 14.0 Å². The third kappa shape index (κ3) is 2.10. The maximum absolute atomic E-state index is 10.5. The van der Waals surface area contributed by atoms with Gasteiger partial charge in [0.2, 0.25) is 0 Å². The van der Waals surface area contributed by atoms with Crippen molar-refractivity contribution < 1.29 is 19.7 Å². The van der Waals surface area contributed by atoms with E-state index in [-0.39, 0.29) is 0 Å². The number of aliphatic hydroxyl groups excluding tert-OH is 1. The highest BCUT2D eigenvalue weighted by molar-refractivity contribution is 6.07. The Morgan fingerprint density at radius 1 is 1.80 bits per heavy atom. The standard InChI is InChI=1S/C5H7BO4/c1-5(9,2-3-7)4(8)10-6/h2-3,7,9H,1H3/t5-/m1/s1. The first kappa shape index (κ1) is 9.03. The van der Waals surface area contributed by atoms with Gasteiger partial charge in [-0.15, -0.1) is 0 Å². The molecule has 0 aromatic rings. The molecule has 0 rings (SSSR count). The average molecular weight is 142 g/mol. The molecule has 0 amide bonds. The van der Waals surface area contributed by atoms with Gasteiger partial charge >= 0.3 is 14.0 Å². The van der Waals surface area contributed by atoms with Crippen LogP contribution >= 0.6 is 0 Å². The van der Waals surface area contributed by atoms with E-state index in [1.807, 2.05) is 0 Å². The van der Waals surface area contributed by atoms with Crippen LogP contribution in [0.3, 0.4) is 0 Å². The molecule has 2 N–H and O–H groups in total. The second-order valence-electron chi connectivity index (χ2n) is 1.87. The van der Waals surface area contributed by atoms with Gasteiger partial charge in [-0.3, -0.25) is 4.79 Å². The molecule has 0 spiro atoms. The van der Waals surface area contributed by atoms with Crippen LogP contribution in [0.4, 0.5) is 0 Å². The SMILES string of the molecule is [B]OC(=O)[C@](C)(O)C=CO. The van der Waals surface area contributed by atoms with Gasteiger partial charge in [-0.05, 0) is 13.0 Å². The molecule has 0 fully saturated rings. The highest BCUT2D eigenvalue weighted by atomic mass is 16.5. The first-order valence-corrected chi connectivity index (χ1v) is 2.50. The Labute approximate surface area is 59.6 Å². The molecule has 0 aromatic carbocycles. The van der Waals surface area contributed by atoms with Crippen LogP contribution < -0.4 is 0 Å². The van der Waals surface area contributed by atoms with E-state index < -0.39 is 11.6 Å². The van der Waals surface area contributed by atoms with Crippen molar-refractivity contribution in [1.82, 2.24) is 0 Å². The van der Waals surface area contributed by atoms with Crippen LogP contribution in [0.25, 0.3) is 0 Å². The lowest BCUT2D eigenvalue weighted by atomic mass is 10.1. The van der Waals surface area contributed by atoms with Crippen molar-refractivity contribution in [2.75, 3.05) is 0 Å². The Bertz CT molecular complexity index is 152. The second-order valence-corrected chi connectivity index (χ2v) is 1.87. The van der Waals surface area contributed by atoms with E-state index in [4.69, 9.17) is 10.2 Å². The lowest BCUT2D eigenvalue weighted by molar-refractivity contribution is -0.148. The normalized spacial score (nSPS) is 16.6. The van der Waals surface area contributed by atoms with E-state index in [2.05, 4.69) is 12.7 Å². The molecule has 0 heterocycles. The molecule has 0 aliphatic carbocycles. The third-order valence-electron chi connectivity index (χ3n) is 0.919. The Hall–Kier alpha value is -0.965. The van der Waals surface area contributed by atoms with Crippen LogP contribution in [0.5, 0.6) is 0 Å². The second kappa shape index (κ2) is 3.27. The highest BCUT2D eigenvalue weighted by Gasteiger charge is 2.27. The fraction of sp³-hybridized carbons (Fsp3) is 0.400. The van der Waals surface area contributed by atoms with Crippen LogP contribution in [0.2, 0.25) is 0 Å². The summed E-state index contributed by atoms with van der Waals surface area (Å²) in [7, 11) is 4.46. The van der Waals surface area contributed by atoms with Crippen LogP contribution in [0, 0.1) is 0 Å². The minimum absolute atomic E-state index is 0.539. The summed E-state index contributed by atoms with van der Waals surface area (Å²) in [6, 6.07) is 0. The van der Waals surface area contributed by atoms with Gasteiger partial charge in [-0.2, -0.15) is 0 Å². The summed E-state index contributed by atoms with van der Waals surface area (Å²) in [6.45, 7) is 1.13. The Morgan fingerprint density at radius 3 is 2.60 bits per heavy atom. The number of carbonyl (C=O) groups excluding carboxylic acids is 1. The molecule has 2 radical (unpaired) electrons. The van der Waals surface area contributed by atoms with Crippen molar-refractivity contribution in [3.8, 4) is 0 Å². The zero-order valence-electron chi connectivity index (χ0n) is 5.44. The number of aliphatic hydroxyl groups is 2. The lowest BCUT2D eigenvalue weighted by Gasteiger charge is -2.14. The van der Waals surface area contributed by atoms with E-state index in [0.717, 1.165) is 13.0 Å². The highest BCUT2D eigenvalue weighted by Crippen LogP contribution is 2.05. The van der Waals surface area contributed by atoms with Crippen LogP contribution in [0.1, 0.15) is 6.92 Å². The summed E-state index contributed by atoms with van der Waals surface area (Å²) < 4.78 is 3.72. The first-order chi connectivity index (χ1) is 4.54. The van der Waals surface area contributed by atoms with Crippen molar-refractivity contribution in [3.05, 3.63) is 12.3 Å². The Kier molecular flexibility index (Phi) is 2.95. The van der Waals surface area contributed by atoms with Gasteiger partial charge in [0.1, 0.15) is 0 Å². The largest absolute Gasteiger partial charge is 0.541 e. The fourth-order valence-electron chi connectivity index (χ4n) is 0.332. The summed E-state index contributed by atoms with van der Waals surface area (Å²) in [5.74, 6) is -1.03. The molecule has 0 aliphatic heterocycles. The summed E-state index contributed by atoms with van der Waals surface area (Å²) >= 11 is 0. The van der Waals surface area contributed by atoms with Gasteiger partial charge in [-0.25, -0.2) is 0 Å². The van der Waals surface area contributed by atoms with Crippen LogP contribution in [0.15, 0.2) is 12.3 Å². The minimum atomic E-state index is -1.86. The minimum Gasteiger partial charge on any atom is -0.541 e. The topological polar surface area (TPSA) is 66.8 Å². The zero-order chi connectivity index (χ0) is 8.20. The summed E-state index contributed by atoms with van der Waals surface area (Å²) in [6.07, 6.45) is 1.39. The number of carbonyl (C=O) groups is 1. The predicted molar refractivity (Wildman–Crippen MR) is 34.2 cm³/mol. The van der Waals surface area contributed by atoms with E-state index in [1.165, 1.54) is 0 Å². The molecular formula is C5H7BO4.